The number of piperazine rings is 1. The molecule has 210 valence electrons. The Bertz CT molecular complexity index is 1440. The molecule has 0 spiro atoms. The zero-order valence-electron chi connectivity index (χ0n) is 20.6. The quantitative estimate of drug-likeness (QED) is 0.433. The third-order valence-corrected chi connectivity index (χ3v) is 8.85. The van der Waals surface area contributed by atoms with Gasteiger partial charge in [0, 0.05) is 48.8 Å². The number of amides is 1. The number of nitrogens with one attached hydrogen (secondary N) is 1. The summed E-state index contributed by atoms with van der Waals surface area (Å²) in [6.07, 6.45) is 4.86. The third kappa shape index (κ3) is 6.56. The second-order valence-electron chi connectivity index (χ2n) is 9.16. The van der Waals surface area contributed by atoms with Crippen LogP contribution in [0.15, 0.2) is 65.8 Å². The van der Waals surface area contributed by atoms with Gasteiger partial charge in [0.1, 0.15) is 0 Å². The number of sulfonamides is 1. The third-order valence-electron chi connectivity index (χ3n) is 6.81. The highest BCUT2D eigenvalue weighted by Crippen LogP contribution is 2.27. The molecule has 3 heterocycles. The average molecular weight is 617 g/mol. The molecule has 2 aromatic carbocycles. The number of pyridine rings is 1. The smallest absolute Gasteiger partial charge is 0.329 e. The maximum atomic E-state index is 13.4. The summed E-state index contributed by atoms with van der Waals surface area (Å²) in [5, 5.41) is 13.0. The first-order chi connectivity index (χ1) is 17.7. The molecule has 39 heavy (non-hydrogen) atoms. The number of rotatable bonds is 6. The number of halogens is 3. The van der Waals surface area contributed by atoms with Crippen molar-refractivity contribution in [2.24, 2.45) is 0 Å². The molecule has 2 aliphatic heterocycles. The van der Waals surface area contributed by atoms with E-state index >= 15 is 0 Å². The number of fused-ring (bicyclic) bond motifs is 1. The van der Waals surface area contributed by atoms with E-state index in [0.717, 1.165) is 33.5 Å². The van der Waals surface area contributed by atoms with Crippen LogP contribution in [0.4, 0.5) is 5.69 Å². The fourth-order valence-corrected chi connectivity index (χ4v) is 6.41. The van der Waals surface area contributed by atoms with Crippen molar-refractivity contribution in [3.05, 3.63) is 65.9 Å². The summed E-state index contributed by atoms with van der Waals surface area (Å²) >= 11 is 6.02. The maximum Gasteiger partial charge on any atom is 0.329 e. The Labute approximate surface area is 243 Å². The molecule has 2 saturated heterocycles. The van der Waals surface area contributed by atoms with Crippen LogP contribution in [-0.2, 0) is 19.6 Å². The molecule has 3 aromatic rings. The molecule has 2 N–H and O–H groups in total. The van der Waals surface area contributed by atoms with Gasteiger partial charge in [-0.25, -0.2) is 18.6 Å². The summed E-state index contributed by atoms with van der Waals surface area (Å²) in [7, 11) is -4.11. The standard InChI is InChI=1S/C25H26ClN5O5S.2ClH/c26-19-3-1-18-14-22(4-2-17(18)13-19)37(35,36)30-15-23(25(33)34)31(24(32)16-30)28-20-7-11-29(12-8-20)21-5-9-27-10-6-21;;/h1-6,9-10,13-14,20,23,28H,7-8,11-12,15-16H2,(H,33,34);2*1H. The topological polar surface area (TPSA) is 123 Å². The number of hydrogen-bond donors (Lipinski definition) is 2. The van der Waals surface area contributed by atoms with Gasteiger partial charge in [0.05, 0.1) is 11.4 Å². The van der Waals surface area contributed by atoms with Gasteiger partial charge in [-0.1, -0.05) is 23.7 Å². The van der Waals surface area contributed by atoms with Crippen LogP contribution in [0.2, 0.25) is 5.02 Å². The van der Waals surface area contributed by atoms with Crippen LogP contribution < -0.4 is 10.3 Å². The zero-order chi connectivity index (χ0) is 26.2. The van der Waals surface area contributed by atoms with Crippen LogP contribution in [0.5, 0.6) is 0 Å². The van der Waals surface area contributed by atoms with Crippen molar-refractivity contribution in [3.63, 3.8) is 0 Å². The summed E-state index contributed by atoms with van der Waals surface area (Å²) in [6, 6.07) is 12.1. The highest BCUT2D eigenvalue weighted by atomic mass is 35.5. The molecule has 0 aliphatic carbocycles. The van der Waals surface area contributed by atoms with E-state index in [2.05, 4.69) is 15.3 Å². The average Bonchev–Trinajstić information content (AvgIpc) is 2.90. The van der Waals surface area contributed by atoms with E-state index in [-0.39, 0.29) is 42.3 Å². The Morgan fingerprint density at radius 3 is 2.31 bits per heavy atom. The predicted molar refractivity (Wildman–Crippen MR) is 153 cm³/mol. The van der Waals surface area contributed by atoms with Gasteiger partial charge in [0.15, 0.2) is 6.04 Å². The van der Waals surface area contributed by atoms with E-state index in [1.165, 1.54) is 12.1 Å². The highest BCUT2D eigenvalue weighted by molar-refractivity contribution is 7.89. The lowest BCUT2D eigenvalue weighted by Gasteiger charge is -2.42. The van der Waals surface area contributed by atoms with Gasteiger partial charge >= 0.3 is 5.97 Å². The number of hydrogen-bond acceptors (Lipinski definition) is 7. The Morgan fingerprint density at radius 2 is 1.64 bits per heavy atom. The molecule has 10 nitrogen and oxygen atoms in total. The molecule has 1 aromatic heterocycles. The number of piperidine rings is 1. The Morgan fingerprint density at radius 1 is 1.00 bits per heavy atom. The number of aromatic nitrogens is 1. The number of carbonyl (C=O) groups is 2. The Balaban J connectivity index is 0.00000210. The summed E-state index contributed by atoms with van der Waals surface area (Å²) in [6.45, 7) is 0.656. The minimum absolute atomic E-state index is 0. The number of carboxylic acids is 1. The summed E-state index contributed by atoms with van der Waals surface area (Å²) < 4.78 is 27.7. The number of nitrogens with zero attached hydrogens (tertiary/aromatic N) is 4. The van der Waals surface area contributed by atoms with Gasteiger partial charge in [-0.15, -0.1) is 24.8 Å². The highest BCUT2D eigenvalue weighted by Gasteiger charge is 2.43. The van der Waals surface area contributed by atoms with Crippen LogP contribution in [0, 0.1) is 0 Å². The summed E-state index contributed by atoms with van der Waals surface area (Å²) in [5.74, 6) is -1.88. The molecule has 0 bridgehead atoms. The first kappa shape index (κ1) is 30.9. The van der Waals surface area contributed by atoms with Gasteiger partial charge in [-0.3, -0.25) is 14.8 Å². The van der Waals surface area contributed by atoms with Crippen molar-refractivity contribution in [2.45, 2.75) is 29.8 Å². The summed E-state index contributed by atoms with van der Waals surface area (Å²) in [4.78, 5) is 31.4. The van der Waals surface area contributed by atoms with Crippen molar-refractivity contribution in [1.82, 2.24) is 19.7 Å². The van der Waals surface area contributed by atoms with Crippen LogP contribution in [0.3, 0.4) is 0 Å². The van der Waals surface area contributed by atoms with Crippen LogP contribution in [-0.4, -0.2) is 78.0 Å². The van der Waals surface area contributed by atoms with E-state index in [4.69, 9.17) is 11.6 Å². The van der Waals surface area contributed by atoms with Gasteiger partial charge < -0.3 is 10.0 Å². The number of benzene rings is 2. The SMILES string of the molecule is Cl.Cl.O=C(O)C1CN(S(=O)(=O)c2ccc3cc(Cl)ccc3c2)CC(=O)N1NC1CCN(c2ccncc2)CC1. The minimum Gasteiger partial charge on any atom is -0.480 e. The maximum absolute atomic E-state index is 13.4. The number of carboxylic acid groups (broad SMARTS) is 1. The van der Waals surface area contributed by atoms with Crippen LogP contribution >= 0.6 is 36.4 Å². The van der Waals surface area contributed by atoms with E-state index in [9.17, 15) is 23.1 Å². The fraction of sp³-hybridized carbons (Fsp3) is 0.320. The first-order valence-corrected chi connectivity index (χ1v) is 13.7. The lowest BCUT2D eigenvalue weighted by molar-refractivity contribution is -0.158. The fourth-order valence-electron chi connectivity index (χ4n) is 4.80. The van der Waals surface area contributed by atoms with Crippen molar-refractivity contribution < 1.29 is 23.1 Å². The molecular formula is C25H28Cl3N5O5S. The second kappa shape index (κ2) is 12.7. The van der Waals surface area contributed by atoms with Crippen LogP contribution in [0.1, 0.15) is 12.8 Å². The number of hydrazine groups is 1. The molecule has 2 aliphatic rings. The van der Waals surface area contributed by atoms with E-state index < -0.39 is 34.5 Å². The normalized spacial score (nSPS) is 18.9. The van der Waals surface area contributed by atoms with Crippen LogP contribution in [0.25, 0.3) is 10.8 Å². The van der Waals surface area contributed by atoms with Crippen molar-refractivity contribution >= 4 is 74.8 Å². The lowest BCUT2D eigenvalue weighted by atomic mass is 10.0. The monoisotopic (exact) mass is 615 g/mol. The Kier molecular flexibility index (Phi) is 10.0. The molecule has 1 atom stereocenters. The van der Waals surface area contributed by atoms with Gasteiger partial charge in [0.2, 0.25) is 10.0 Å². The predicted octanol–water partition coefficient (Wildman–Crippen LogP) is 3.19. The van der Waals surface area contributed by atoms with Gasteiger partial charge in [0.25, 0.3) is 5.91 Å². The van der Waals surface area contributed by atoms with E-state index in [1.54, 1.807) is 36.7 Å². The van der Waals surface area contributed by atoms with E-state index in [1.807, 2.05) is 12.1 Å². The van der Waals surface area contributed by atoms with Gasteiger partial charge in [-0.05, 0) is 60.0 Å². The van der Waals surface area contributed by atoms with E-state index in [0.29, 0.717) is 23.3 Å². The molecule has 1 unspecified atom stereocenters. The minimum atomic E-state index is -4.11. The second-order valence-corrected chi connectivity index (χ2v) is 11.5. The summed E-state index contributed by atoms with van der Waals surface area (Å²) in [5.41, 5.74) is 4.14. The van der Waals surface area contributed by atoms with Crippen molar-refractivity contribution in [3.8, 4) is 0 Å². The molecule has 14 heteroatoms. The molecule has 0 radical (unpaired) electrons. The molecule has 1 amide bonds. The number of anilines is 1. The number of aliphatic carboxylic acids is 1. The van der Waals surface area contributed by atoms with Crippen molar-refractivity contribution in [2.75, 3.05) is 31.1 Å². The Hall–Kier alpha value is -2.67. The van der Waals surface area contributed by atoms with Crippen molar-refractivity contribution in [1.29, 1.82) is 0 Å². The molecular weight excluding hydrogens is 589 g/mol. The lowest BCUT2D eigenvalue weighted by Crippen LogP contribution is -2.66. The number of carbonyl (C=O) groups excluding carboxylic acids is 1. The zero-order valence-corrected chi connectivity index (χ0v) is 23.8. The molecule has 5 rings (SSSR count). The largest absolute Gasteiger partial charge is 0.480 e. The van der Waals surface area contributed by atoms with Gasteiger partial charge in [-0.2, -0.15) is 4.31 Å². The molecule has 0 saturated carbocycles. The first-order valence-electron chi connectivity index (χ1n) is 11.9. The molecule has 2 fully saturated rings.